The summed E-state index contributed by atoms with van der Waals surface area (Å²) < 4.78 is 17.8. The number of benzene rings is 16. The first-order valence-corrected chi connectivity index (χ1v) is 33.4. The van der Waals surface area contributed by atoms with Gasteiger partial charge < -0.3 is 27.8 Å². The van der Waals surface area contributed by atoms with Crippen molar-refractivity contribution in [2.45, 2.75) is 0 Å². The molecule has 0 unspecified atom stereocenters. The summed E-state index contributed by atoms with van der Waals surface area (Å²) in [5.41, 5.74) is 21.8. The van der Waals surface area contributed by atoms with Gasteiger partial charge in [-0.15, -0.1) is 0 Å². The maximum Gasteiger partial charge on any atom is 0.145 e. The Morgan fingerprint density at radius 1 is 0.204 bits per heavy atom. The molecule has 0 bridgehead atoms. The number of hydrogen-bond acceptors (Lipinski definition) is 4. The number of aromatic nitrogens is 2. The van der Waals surface area contributed by atoms with E-state index in [1.807, 2.05) is 12.1 Å². The van der Waals surface area contributed by atoms with Crippen molar-refractivity contribution in [3.8, 4) is 33.6 Å². The van der Waals surface area contributed by atoms with Crippen LogP contribution in [0.4, 0.5) is 34.1 Å². The van der Waals surface area contributed by atoms with Gasteiger partial charge in [-0.05, 0) is 195 Å². The zero-order chi connectivity index (χ0) is 64.6. The predicted molar refractivity (Wildman–Crippen MR) is 411 cm³/mol. The van der Waals surface area contributed by atoms with Gasteiger partial charge in [-0.1, -0.05) is 212 Å². The van der Waals surface area contributed by atoms with E-state index in [1.165, 1.54) is 54.6 Å². The molecule has 0 aliphatic carbocycles. The molecular formula is C92H60N4O2. The van der Waals surface area contributed by atoms with Crippen LogP contribution in [0, 0.1) is 0 Å². The van der Waals surface area contributed by atoms with E-state index in [2.05, 4.69) is 371 Å². The van der Waals surface area contributed by atoms with Gasteiger partial charge in [0, 0.05) is 77.8 Å². The number of fused-ring (bicyclic) bond motifs is 16. The molecule has 4 aromatic heterocycles. The number of rotatable bonds is 10. The van der Waals surface area contributed by atoms with E-state index < -0.39 is 0 Å². The van der Waals surface area contributed by atoms with E-state index in [-0.39, 0.29) is 0 Å². The second kappa shape index (κ2) is 23.4. The molecule has 20 aromatic rings. The third kappa shape index (κ3) is 9.57. The second-order valence-corrected chi connectivity index (χ2v) is 25.2. The number of para-hydroxylation sites is 6. The molecule has 0 spiro atoms. The van der Waals surface area contributed by atoms with E-state index >= 15 is 0 Å². The molecule has 0 N–H and O–H groups in total. The lowest BCUT2D eigenvalue weighted by atomic mass is 10.0. The Morgan fingerprint density at radius 2 is 0.571 bits per heavy atom. The monoisotopic (exact) mass is 1250 g/mol. The van der Waals surface area contributed by atoms with Crippen LogP contribution in [0.3, 0.4) is 0 Å². The van der Waals surface area contributed by atoms with Gasteiger partial charge in [0.05, 0.1) is 32.8 Å². The van der Waals surface area contributed by atoms with Gasteiger partial charge in [0.15, 0.2) is 0 Å². The van der Waals surface area contributed by atoms with Crippen LogP contribution < -0.4 is 9.80 Å². The fourth-order valence-electron chi connectivity index (χ4n) is 14.9. The first kappa shape index (κ1) is 56.4. The van der Waals surface area contributed by atoms with E-state index in [4.69, 9.17) is 8.83 Å². The molecule has 0 aliphatic heterocycles. The summed E-state index contributed by atoms with van der Waals surface area (Å²) >= 11 is 0. The van der Waals surface area contributed by atoms with Crippen molar-refractivity contribution in [1.82, 2.24) is 9.13 Å². The largest absolute Gasteiger partial charge is 0.455 e. The predicted octanol–water partition coefficient (Wildman–Crippen LogP) is 25.9. The molecule has 0 atom stereocenters. The Balaban J connectivity index is 0.000000137. The molecule has 20 rings (SSSR count). The van der Waals surface area contributed by atoms with Gasteiger partial charge >= 0.3 is 0 Å². The molecule has 6 heteroatoms. The number of hydrogen-bond donors (Lipinski definition) is 0. The van der Waals surface area contributed by atoms with Crippen LogP contribution in [0.1, 0.15) is 0 Å². The Bertz CT molecular complexity index is 6420. The minimum absolute atomic E-state index is 0.911. The summed E-state index contributed by atoms with van der Waals surface area (Å²) in [5.74, 6) is 0. The second-order valence-electron chi connectivity index (χ2n) is 25.2. The quantitative estimate of drug-likeness (QED) is 0.137. The molecule has 0 saturated carbocycles. The van der Waals surface area contributed by atoms with Crippen LogP contribution in [0.2, 0.25) is 0 Å². The van der Waals surface area contributed by atoms with Gasteiger partial charge in [0.1, 0.15) is 22.3 Å². The fourth-order valence-corrected chi connectivity index (χ4v) is 14.9. The average Bonchev–Trinajstić information content (AvgIpc) is 1.57. The highest BCUT2D eigenvalue weighted by atomic mass is 16.3. The topological polar surface area (TPSA) is 42.6 Å². The van der Waals surface area contributed by atoms with Crippen LogP contribution in [-0.2, 0) is 0 Å². The Hall–Kier alpha value is -13.2. The lowest BCUT2D eigenvalue weighted by Crippen LogP contribution is -2.10. The zero-order valence-electron chi connectivity index (χ0n) is 53.2. The van der Waals surface area contributed by atoms with E-state index in [0.717, 1.165) is 122 Å². The third-order valence-electron chi connectivity index (χ3n) is 19.5. The normalized spacial score (nSPS) is 11.7. The van der Waals surface area contributed by atoms with Gasteiger partial charge in [-0.3, -0.25) is 0 Å². The Kier molecular flexibility index (Phi) is 13.5. The van der Waals surface area contributed by atoms with Crippen molar-refractivity contribution in [2.75, 3.05) is 9.80 Å². The van der Waals surface area contributed by atoms with Gasteiger partial charge in [0.25, 0.3) is 0 Å². The first-order chi connectivity index (χ1) is 48.6. The summed E-state index contributed by atoms with van der Waals surface area (Å²) in [6.45, 7) is 0. The molecular weight excluding hydrogens is 1190 g/mol. The molecule has 16 aromatic carbocycles. The van der Waals surface area contributed by atoms with Crippen LogP contribution >= 0.6 is 0 Å². The third-order valence-corrected chi connectivity index (χ3v) is 19.5. The van der Waals surface area contributed by atoms with Crippen LogP contribution in [-0.4, -0.2) is 9.13 Å². The van der Waals surface area contributed by atoms with E-state index in [9.17, 15) is 0 Å². The molecule has 0 fully saturated rings. The fraction of sp³-hybridized carbons (Fsp3) is 0. The van der Waals surface area contributed by atoms with Crippen molar-refractivity contribution in [2.24, 2.45) is 0 Å². The van der Waals surface area contributed by atoms with Crippen LogP contribution in [0.25, 0.3) is 143 Å². The highest BCUT2D eigenvalue weighted by Gasteiger charge is 2.23. The average molecular weight is 1250 g/mol. The summed E-state index contributed by atoms with van der Waals surface area (Å²) in [5, 5.41) is 14.2. The number of furan rings is 2. The van der Waals surface area contributed by atoms with Crippen molar-refractivity contribution in [3.05, 3.63) is 364 Å². The summed E-state index contributed by atoms with van der Waals surface area (Å²) in [6, 6.07) is 130. The van der Waals surface area contributed by atoms with E-state index in [0.29, 0.717) is 0 Å². The molecule has 0 aliphatic rings. The lowest BCUT2D eigenvalue weighted by molar-refractivity contribution is 0.672. The number of nitrogens with zero attached hydrogens (tertiary/aromatic N) is 4. The molecule has 4 heterocycles. The van der Waals surface area contributed by atoms with Crippen molar-refractivity contribution < 1.29 is 8.83 Å². The maximum atomic E-state index is 6.54. The molecule has 0 saturated heterocycles. The van der Waals surface area contributed by atoms with Gasteiger partial charge in [-0.25, -0.2) is 0 Å². The summed E-state index contributed by atoms with van der Waals surface area (Å²) in [4.78, 5) is 4.65. The molecule has 98 heavy (non-hydrogen) atoms. The lowest BCUT2D eigenvalue weighted by Gasteiger charge is -2.26. The molecule has 6 nitrogen and oxygen atoms in total. The minimum atomic E-state index is 0.911. The Morgan fingerprint density at radius 3 is 1.06 bits per heavy atom. The number of anilines is 6. The maximum absolute atomic E-state index is 6.54. The Labute approximate surface area is 565 Å². The van der Waals surface area contributed by atoms with E-state index in [1.54, 1.807) is 0 Å². The first-order valence-electron chi connectivity index (χ1n) is 33.4. The zero-order valence-corrected chi connectivity index (χ0v) is 53.2. The van der Waals surface area contributed by atoms with Crippen molar-refractivity contribution in [3.63, 3.8) is 0 Å². The van der Waals surface area contributed by atoms with Crippen LogP contribution in [0.5, 0.6) is 0 Å². The smallest absolute Gasteiger partial charge is 0.145 e. The van der Waals surface area contributed by atoms with Crippen molar-refractivity contribution in [1.29, 1.82) is 0 Å². The molecule has 460 valence electrons. The molecule has 0 radical (unpaired) electrons. The molecule has 0 amide bonds. The van der Waals surface area contributed by atoms with Gasteiger partial charge in [-0.2, -0.15) is 0 Å². The van der Waals surface area contributed by atoms with Gasteiger partial charge in [0.2, 0.25) is 0 Å². The SMILES string of the molecule is c1ccc(N(c2ccc(-c3ccc4ccccc4c3)cc2)c2ccc(-n3c4ccccc4c4c5oc6ccccc6c5ccc43)cc2)cc1.c1ccc(N(c2ccc(-c3ccc4ccccc4c3)cc2)c2cccc(-n3c4ccccc4c4c5oc6ccccc6c5ccc43)c2)cc1. The highest BCUT2D eigenvalue weighted by molar-refractivity contribution is 6.25. The summed E-state index contributed by atoms with van der Waals surface area (Å²) in [6.07, 6.45) is 0. The summed E-state index contributed by atoms with van der Waals surface area (Å²) in [7, 11) is 0. The minimum Gasteiger partial charge on any atom is -0.455 e. The highest BCUT2D eigenvalue weighted by Crippen LogP contribution is 2.45. The standard InChI is InChI=1S/2C46H30N2O/c1-2-13-35(14-3-1)47(36-25-23-32(24-26-36)34-22-21-31-11-4-5-12-33(31)29-34)37-15-10-16-38(30-37)48-42-19-8-6-18-41(42)45-43(48)28-27-40-39-17-7-9-20-44(39)49-46(40)45;1-2-12-35(13-3-1)47(36-22-20-32(21-23-36)34-19-18-31-10-4-5-11-33(31)30-34)37-24-26-38(27-25-37)48-42-16-8-6-15-41(42)45-43(48)29-28-40-39-14-7-9-17-44(39)49-46(40)45/h2*1-30H. The van der Waals surface area contributed by atoms with Crippen molar-refractivity contribution >= 4 is 143 Å². The van der Waals surface area contributed by atoms with Crippen LogP contribution in [0.15, 0.2) is 373 Å².